The second-order valence-corrected chi connectivity index (χ2v) is 6.50. The van der Waals surface area contributed by atoms with Crippen LogP contribution in [0, 0.1) is 12.8 Å². The molecule has 1 N–H and O–H groups in total. The van der Waals surface area contributed by atoms with E-state index >= 15 is 0 Å². The molecule has 1 aromatic heterocycles. The topological polar surface area (TPSA) is 29.9 Å². The quantitative estimate of drug-likeness (QED) is 0.864. The molecule has 0 amide bonds. The van der Waals surface area contributed by atoms with Gasteiger partial charge in [0.25, 0.3) is 0 Å². The van der Waals surface area contributed by atoms with E-state index < -0.39 is 0 Å². The van der Waals surface area contributed by atoms with E-state index in [1.165, 1.54) is 44.1 Å². The Bertz CT molecular complexity index is 422. The average molecular weight is 298 g/mol. The molecule has 1 aliphatic rings. The van der Waals surface area contributed by atoms with Crippen LogP contribution < -0.4 is 5.32 Å². The summed E-state index contributed by atoms with van der Waals surface area (Å²) in [5.74, 6) is 0.797. The monoisotopic (exact) mass is 297 g/mol. The van der Waals surface area contributed by atoms with Gasteiger partial charge in [-0.1, -0.05) is 37.8 Å². The summed E-state index contributed by atoms with van der Waals surface area (Å²) in [5.41, 5.74) is 2.31. The molecule has 0 bridgehead atoms. The van der Waals surface area contributed by atoms with Crippen LogP contribution >= 0.6 is 11.6 Å². The third-order valence-electron chi connectivity index (χ3n) is 4.57. The Labute approximate surface area is 128 Å². The van der Waals surface area contributed by atoms with Crippen LogP contribution in [0.15, 0.2) is 0 Å². The first-order chi connectivity index (χ1) is 9.63. The van der Waals surface area contributed by atoms with Gasteiger partial charge in [-0.25, -0.2) is 0 Å². The smallest absolute Gasteiger partial charge is 0.130 e. The van der Waals surface area contributed by atoms with Crippen molar-refractivity contribution < 1.29 is 0 Å². The van der Waals surface area contributed by atoms with Gasteiger partial charge in [0, 0.05) is 18.7 Å². The minimum atomic E-state index is 0.552. The van der Waals surface area contributed by atoms with Crippen molar-refractivity contribution in [2.75, 3.05) is 6.54 Å². The lowest BCUT2D eigenvalue weighted by Crippen LogP contribution is -2.39. The summed E-state index contributed by atoms with van der Waals surface area (Å²) in [4.78, 5) is 0. The number of nitrogens with one attached hydrogen (secondary N) is 1. The minimum absolute atomic E-state index is 0.552. The molecule has 1 aromatic rings. The van der Waals surface area contributed by atoms with Crippen LogP contribution in [-0.2, 0) is 13.5 Å². The van der Waals surface area contributed by atoms with Crippen LogP contribution in [0.2, 0.25) is 5.15 Å². The maximum Gasteiger partial charge on any atom is 0.130 e. The van der Waals surface area contributed by atoms with Crippen LogP contribution in [-0.4, -0.2) is 22.4 Å². The second-order valence-electron chi connectivity index (χ2n) is 6.14. The standard InChI is InChI=1S/C16H28ClN3/c1-4-10-18-15(13-8-6-5-7-9-13)11-14-12(2)19-20(3)16(14)17/h13,15,18H,4-11H2,1-3H3. The van der Waals surface area contributed by atoms with Crippen molar-refractivity contribution in [2.45, 2.75) is 64.8 Å². The highest BCUT2D eigenvalue weighted by atomic mass is 35.5. The van der Waals surface area contributed by atoms with E-state index in [0.29, 0.717) is 6.04 Å². The highest BCUT2D eigenvalue weighted by molar-refractivity contribution is 6.30. The Morgan fingerprint density at radius 2 is 2.05 bits per heavy atom. The molecule has 0 saturated heterocycles. The van der Waals surface area contributed by atoms with Crippen LogP contribution in [0.5, 0.6) is 0 Å². The maximum absolute atomic E-state index is 6.40. The SMILES string of the molecule is CCCNC(Cc1c(C)nn(C)c1Cl)C1CCCCC1. The number of hydrogen-bond acceptors (Lipinski definition) is 2. The third-order valence-corrected chi connectivity index (χ3v) is 5.04. The van der Waals surface area contributed by atoms with E-state index in [9.17, 15) is 0 Å². The summed E-state index contributed by atoms with van der Waals surface area (Å²) in [6.45, 7) is 5.39. The average Bonchev–Trinajstić information content (AvgIpc) is 2.70. The molecule has 1 fully saturated rings. The number of nitrogens with zero attached hydrogens (tertiary/aromatic N) is 2. The van der Waals surface area contributed by atoms with Crippen LogP contribution in [0.4, 0.5) is 0 Å². The van der Waals surface area contributed by atoms with Crippen molar-refractivity contribution >= 4 is 11.6 Å². The molecule has 1 saturated carbocycles. The van der Waals surface area contributed by atoms with Crippen molar-refractivity contribution in [3.63, 3.8) is 0 Å². The first kappa shape index (κ1) is 15.8. The van der Waals surface area contributed by atoms with Gasteiger partial charge < -0.3 is 5.32 Å². The largest absolute Gasteiger partial charge is 0.313 e. The highest BCUT2D eigenvalue weighted by Gasteiger charge is 2.25. The number of aromatic nitrogens is 2. The lowest BCUT2D eigenvalue weighted by Gasteiger charge is -2.31. The van der Waals surface area contributed by atoms with E-state index in [1.54, 1.807) is 4.68 Å². The summed E-state index contributed by atoms with van der Waals surface area (Å²) in [5, 5.41) is 9.01. The Hall–Kier alpha value is -0.540. The summed E-state index contributed by atoms with van der Waals surface area (Å²) in [6.07, 6.45) is 9.09. The highest BCUT2D eigenvalue weighted by Crippen LogP contribution is 2.30. The number of rotatable bonds is 6. The maximum atomic E-state index is 6.40. The summed E-state index contributed by atoms with van der Waals surface area (Å²) in [6, 6.07) is 0.552. The van der Waals surface area contributed by atoms with E-state index in [0.717, 1.165) is 29.7 Å². The molecule has 0 aliphatic heterocycles. The molecule has 1 unspecified atom stereocenters. The predicted octanol–water partition coefficient (Wildman–Crippen LogP) is 3.87. The van der Waals surface area contributed by atoms with Crippen LogP contribution in [0.1, 0.15) is 56.7 Å². The zero-order chi connectivity index (χ0) is 14.5. The number of hydrogen-bond donors (Lipinski definition) is 1. The molecule has 1 atom stereocenters. The third kappa shape index (κ3) is 3.76. The molecule has 114 valence electrons. The molecular weight excluding hydrogens is 270 g/mol. The van der Waals surface area contributed by atoms with Gasteiger partial charge >= 0.3 is 0 Å². The zero-order valence-electron chi connectivity index (χ0n) is 13.1. The Morgan fingerprint density at radius 1 is 1.35 bits per heavy atom. The minimum Gasteiger partial charge on any atom is -0.313 e. The number of aryl methyl sites for hydroxylation is 2. The fourth-order valence-corrected chi connectivity index (χ4v) is 3.65. The molecule has 20 heavy (non-hydrogen) atoms. The molecule has 2 rings (SSSR count). The fraction of sp³-hybridized carbons (Fsp3) is 0.812. The van der Waals surface area contributed by atoms with E-state index in [4.69, 9.17) is 11.6 Å². The van der Waals surface area contributed by atoms with Gasteiger partial charge in [0.15, 0.2) is 0 Å². The van der Waals surface area contributed by atoms with Crippen molar-refractivity contribution in [2.24, 2.45) is 13.0 Å². The van der Waals surface area contributed by atoms with E-state index in [2.05, 4.69) is 24.3 Å². The van der Waals surface area contributed by atoms with Gasteiger partial charge in [-0.2, -0.15) is 5.10 Å². The summed E-state index contributed by atoms with van der Waals surface area (Å²) < 4.78 is 1.80. The molecule has 1 aliphatic carbocycles. The van der Waals surface area contributed by atoms with Gasteiger partial charge in [-0.05, 0) is 45.1 Å². The fourth-order valence-electron chi connectivity index (χ4n) is 3.40. The van der Waals surface area contributed by atoms with Crippen LogP contribution in [0.25, 0.3) is 0 Å². The molecule has 0 aromatic carbocycles. The Kier molecular flexibility index (Phi) is 5.91. The molecule has 0 spiro atoms. The van der Waals surface area contributed by atoms with Crippen molar-refractivity contribution in [3.8, 4) is 0 Å². The Morgan fingerprint density at radius 3 is 2.60 bits per heavy atom. The van der Waals surface area contributed by atoms with Gasteiger partial charge in [0.05, 0.1) is 5.69 Å². The molecule has 1 heterocycles. The summed E-state index contributed by atoms with van der Waals surface area (Å²) >= 11 is 6.40. The lowest BCUT2D eigenvalue weighted by atomic mass is 9.81. The molecule has 0 radical (unpaired) electrons. The van der Waals surface area contributed by atoms with Gasteiger partial charge in [-0.3, -0.25) is 4.68 Å². The van der Waals surface area contributed by atoms with Crippen LogP contribution in [0.3, 0.4) is 0 Å². The van der Waals surface area contributed by atoms with Gasteiger partial charge in [0.1, 0.15) is 5.15 Å². The summed E-state index contributed by atoms with van der Waals surface area (Å²) in [7, 11) is 1.92. The predicted molar refractivity (Wildman–Crippen MR) is 85.3 cm³/mol. The van der Waals surface area contributed by atoms with E-state index in [-0.39, 0.29) is 0 Å². The van der Waals surface area contributed by atoms with Crippen molar-refractivity contribution in [3.05, 3.63) is 16.4 Å². The lowest BCUT2D eigenvalue weighted by molar-refractivity contribution is 0.267. The zero-order valence-corrected chi connectivity index (χ0v) is 13.8. The van der Waals surface area contributed by atoms with Crippen molar-refractivity contribution in [1.82, 2.24) is 15.1 Å². The normalized spacial score (nSPS) is 18.4. The molecule has 3 nitrogen and oxygen atoms in total. The van der Waals surface area contributed by atoms with Gasteiger partial charge in [0.2, 0.25) is 0 Å². The molecule has 4 heteroatoms. The first-order valence-electron chi connectivity index (χ1n) is 8.04. The Balaban J connectivity index is 2.09. The molecular formula is C16H28ClN3. The van der Waals surface area contributed by atoms with E-state index in [1.807, 2.05) is 7.05 Å². The number of halogens is 1. The second kappa shape index (κ2) is 7.46. The van der Waals surface area contributed by atoms with Gasteiger partial charge in [-0.15, -0.1) is 0 Å². The first-order valence-corrected chi connectivity index (χ1v) is 8.42. The van der Waals surface area contributed by atoms with Crippen molar-refractivity contribution in [1.29, 1.82) is 0 Å².